The fourth-order valence-corrected chi connectivity index (χ4v) is 1.63. The third kappa shape index (κ3) is 2.03. The maximum Gasteiger partial charge on any atom is 0.152 e. The SMILES string of the molecule is CCc1ccc(-c2nccnc2NC)cc1. The first-order valence-electron chi connectivity index (χ1n) is 5.43. The molecule has 3 heteroatoms. The molecule has 0 unspecified atom stereocenters. The van der Waals surface area contributed by atoms with E-state index in [0.717, 1.165) is 23.5 Å². The first-order chi connectivity index (χ1) is 7.85. The highest BCUT2D eigenvalue weighted by Crippen LogP contribution is 2.23. The Morgan fingerprint density at radius 3 is 2.38 bits per heavy atom. The van der Waals surface area contributed by atoms with Crippen LogP contribution < -0.4 is 5.32 Å². The third-order valence-electron chi connectivity index (χ3n) is 2.57. The fourth-order valence-electron chi connectivity index (χ4n) is 1.63. The number of aromatic nitrogens is 2. The highest BCUT2D eigenvalue weighted by molar-refractivity contribution is 5.70. The molecule has 1 aromatic carbocycles. The van der Waals surface area contributed by atoms with Crippen LogP contribution in [-0.4, -0.2) is 17.0 Å². The van der Waals surface area contributed by atoms with Crippen molar-refractivity contribution in [1.82, 2.24) is 9.97 Å². The molecule has 0 spiro atoms. The van der Waals surface area contributed by atoms with Crippen LogP contribution in [0.1, 0.15) is 12.5 Å². The largest absolute Gasteiger partial charge is 0.371 e. The number of hydrogen-bond acceptors (Lipinski definition) is 3. The second-order valence-corrected chi connectivity index (χ2v) is 3.55. The molecule has 16 heavy (non-hydrogen) atoms. The minimum Gasteiger partial charge on any atom is -0.371 e. The maximum absolute atomic E-state index is 4.35. The first kappa shape index (κ1) is 10.6. The Morgan fingerprint density at radius 2 is 1.75 bits per heavy atom. The zero-order valence-electron chi connectivity index (χ0n) is 9.57. The van der Waals surface area contributed by atoms with Crippen LogP contribution in [0.5, 0.6) is 0 Å². The zero-order valence-corrected chi connectivity index (χ0v) is 9.57. The van der Waals surface area contributed by atoms with E-state index in [4.69, 9.17) is 0 Å². The van der Waals surface area contributed by atoms with Crippen molar-refractivity contribution in [2.45, 2.75) is 13.3 Å². The highest BCUT2D eigenvalue weighted by atomic mass is 15.0. The van der Waals surface area contributed by atoms with Gasteiger partial charge in [0.05, 0.1) is 0 Å². The average molecular weight is 213 g/mol. The molecule has 0 amide bonds. The molecule has 1 N–H and O–H groups in total. The van der Waals surface area contributed by atoms with E-state index >= 15 is 0 Å². The molecule has 0 aliphatic carbocycles. The number of aryl methyl sites for hydroxylation is 1. The van der Waals surface area contributed by atoms with E-state index < -0.39 is 0 Å². The molecule has 0 saturated heterocycles. The normalized spacial score (nSPS) is 10.1. The highest BCUT2D eigenvalue weighted by Gasteiger charge is 2.05. The van der Waals surface area contributed by atoms with Crippen LogP contribution in [0.15, 0.2) is 36.7 Å². The second kappa shape index (κ2) is 4.75. The molecule has 0 atom stereocenters. The van der Waals surface area contributed by atoms with Gasteiger partial charge in [-0.2, -0.15) is 0 Å². The van der Waals surface area contributed by atoms with Gasteiger partial charge in [0.2, 0.25) is 0 Å². The van der Waals surface area contributed by atoms with Crippen LogP contribution in [-0.2, 0) is 6.42 Å². The predicted molar refractivity (Wildman–Crippen MR) is 66.4 cm³/mol. The van der Waals surface area contributed by atoms with Crippen molar-refractivity contribution in [2.24, 2.45) is 0 Å². The van der Waals surface area contributed by atoms with Crippen molar-refractivity contribution in [3.8, 4) is 11.3 Å². The summed E-state index contributed by atoms with van der Waals surface area (Å²) >= 11 is 0. The average Bonchev–Trinajstić information content (AvgIpc) is 2.39. The minimum absolute atomic E-state index is 0.812. The smallest absolute Gasteiger partial charge is 0.152 e. The Bertz CT molecular complexity index is 463. The summed E-state index contributed by atoms with van der Waals surface area (Å²) in [7, 11) is 1.86. The van der Waals surface area contributed by atoms with Gasteiger partial charge in [0.1, 0.15) is 5.69 Å². The van der Waals surface area contributed by atoms with Gasteiger partial charge in [0, 0.05) is 25.0 Å². The molecule has 0 aliphatic heterocycles. The quantitative estimate of drug-likeness (QED) is 0.851. The molecule has 1 aromatic heterocycles. The van der Waals surface area contributed by atoms with Gasteiger partial charge in [0.25, 0.3) is 0 Å². The van der Waals surface area contributed by atoms with E-state index in [-0.39, 0.29) is 0 Å². The van der Waals surface area contributed by atoms with Crippen molar-refractivity contribution in [1.29, 1.82) is 0 Å². The van der Waals surface area contributed by atoms with Crippen molar-refractivity contribution < 1.29 is 0 Å². The van der Waals surface area contributed by atoms with Gasteiger partial charge in [-0.1, -0.05) is 31.2 Å². The second-order valence-electron chi connectivity index (χ2n) is 3.55. The molecule has 3 nitrogen and oxygen atoms in total. The van der Waals surface area contributed by atoms with Gasteiger partial charge in [-0.05, 0) is 12.0 Å². The summed E-state index contributed by atoms with van der Waals surface area (Å²) in [6.07, 6.45) is 4.46. The van der Waals surface area contributed by atoms with Crippen LogP contribution in [0.25, 0.3) is 11.3 Å². The number of nitrogens with one attached hydrogen (secondary N) is 1. The van der Waals surface area contributed by atoms with Gasteiger partial charge in [0.15, 0.2) is 5.82 Å². The Kier molecular flexibility index (Phi) is 3.15. The number of benzene rings is 1. The zero-order chi connectivity index (χ0) is 11.4. The number of hydrogen-bond donors (Lipinski definition) is 1. The first-order valence-corrected chi connectivity index (χ1v) is 5.43. The lowest BCUT2D eigenvalue weighted by Crippen LogP contribution is -1.97. The summed E-state index contributed by atoms with van der Waals surface area (Å²) in [5.41, 5.74) is 3.32. The molecule has 2 aromatic rings. The molecule has 0 radical (unpaired) electrons. The molecule has 1 heterocycles. The van der Waals surface area contributed by atoms with E-state index in [9.17, 15) is 0 Å². The maximum atomic E-state index is 4.35. The Hall–Kier alpha value is -1.90. The van der Waals surface area contributed by atoms with Crippen LogP contribution in [0, 0.1) is 0 Å². The lowest BCUT2D eigenvalue weighted by Gasteiger charge is -2.06. The molecule has 2 rings (SSSR count). The van der Waals surface area contributed by atoms with Crippen LogP contribution in [0.2, 0.25) is 0 Å². The van der Waals surface area contributed by atoms with Crippen molar-refractivity contribution >= 4 is 5.82 Å². The molecule has 0 saturated carbocycles. The fraction of sp³-hybridized carbons (Fsp3) is 0.231. The molecular formula is C13H15N3. The Labute approximate surface area is 95.6 Å². The van der Waals surface area contributed by atoms with E-state index in [2.05, 4.69) is 46.5 Å². The monoisotopic (exact) mass is 213 g/mol. The lowest BCUT2D eigenvalue weighted by atomic mass is 10.1. The summed E-state index contributed by atoms with van der Waals surface area (Å²) in [6.45, 7) is 2.15. The van der Waals surface area contributed by atoms with Gasteiger partial charge in [-0.15, -0.1) is 0 Å². The van der Waals surface area contributed by atoms with E-state index in [1.165, 1.54) is 5.56 Å². The number of rotatable bonds is 3. The topological polar surface area (TPSA) is 37.8 Å². The lowest BCUT2D eigenvalue weighted by molar-refractivity contribution is 1.14. The molecule has 0 bridgehead atoms. The van der Waals surface area contributed by atoms with Crippen LogP contribution >= 0.6 is 0 Å². The van der Waals surface area contributed by atoms with Gasteiger partial charge < -0.3 is 5.32 Å². The van der Waals surface area contributed by atoms with Gasteiger partial charge in [-0.3, -0.25) is 4.98 Å². The van der Waals surface area contributed by atoms with Crippen LogP contribution in [0.4, 0.5) is 5.82 Å². The van der Waals surface area contributed by atoms with Gasteiger partial charge in [-0.25, -0.2) is 4.98 Å². The van der Waals surface area contributed by atoms with Crippen molar-refractivity contribution in [2.75, 3.05) is 12.4 Å². The molecule has 82 valence electrons. The van der Waals surface area contributed by atoms with Crippen molar-refractivity contribution in [3.63, 3.8) is 0 Å². The van der Waals surface area contributed by atoms with E-state index in [0.29, 0.717) is 0 Å². The summed E-state index contributed by atoms with van der Waals surface area (Å²) in [5, 5.41) is 3.05. The van der Waals surface area contributed by atoms with E-state index in [1.54, 1.807) is 12.4 Å². The van der Waals surface area contributed by atoms with Crippen LogP contribution in [0.3, 0.4) is 0 Å². The van der Waals surface area contributed by atoms with E-state index in [1.807, 2.05) is 7.05 Å². The third-order valence-corrected chi connectivity index (χ3v) is 2.57. The molecule has 0 aliphatic rings. The number of nitrogens with zero attached hydrogens (tertiary/aromatic N) is 2. The number of anilines is 1. The summed E-state index contributed by atoms with van der Waals surface area (Å²) in [5.74, 6) is 0.812. The summed E-state index contributed by atoms with van der Waals surface area (Å²) < 4.78 is 0. The van der Waals surface area contributed by atoms with Crippen molar-refractivity contribution in [3.05, 3.63) is 42.2 Å². The Morgan fingerprint density at radius 1 is 1.06 bits per heavy atom. The molecular weight excluding hydrogens is 198 g/mol. The minimum atomic E-state index is 0.812. The predicted octanol–water partition coefficient (Wildman–Crippen LogP) is 2.75. The standard InChI is InChI=1S/C13H15N3/c1-3-10-4-6-11(7-5-10)12-13(14-2)16-9-8-15-12/h4-9H,3H2,1-2H3,(H,14,16). The molecule has 0 fully saturated rings. The summed E-state index contributed by atoms with van der Waals surface area (Å²) in [4.78, 5) is 8.59. The Balaban J connectivity index is 2.42. The van der Waals surface area contributed by atoms with Gasteiger partial charge >= 0.3 is 0 Å². The summed E-state index contributed by atoms with van der Waals surface area (Å²) in [6, 6.07) is 8.43.